The molecule has 2 aliphatic rings. The Morgan fingerprint density at radius 3 is 2.44 bits per heavy atom. The summed E-state index contributed by atoms with van der Waals surface area (Å²) >= 11 is 0. The summed E-state index contributed by atoms with van der Waals surface area (Å²) in [6.07, 6.45) is 11.9. The fourth-order valence-corrected chi connectivity index (χ4v) is 6.18. The average molecular weight is 458 g/mol. The molecule has 34 heavy (non-hydrogen) atoms. The van der Waals surface area contributed by atoms with Crippen LogP contribution in [0.4, 0.5) is 0 Å². The van der Waals surface area contributed by atoms with E-state index in [0.29, 0.717) is 12.3 Å². The van der Waals surface area contributed by atoms with Crippen molar-refractivity contribution in [2.45, 2.75) is 63.8 Å². The van der Waals surface area contributed by atoms with Gasteiger partial charge in [0.15, 0.2) is 0 Å². The Kier molecular flexibility index (Phi) is 7.65. The minimum atomic E-state index is 0.217. The largest absolute Gasteiger partial charge is 0.355 e. The van der Waals surface area contributed by atoms with Crippen LogP contribution in [0.1, 0.15) is 68.4 Å². The number of likely N-dealkylation sites (tertiary alicyclic amines) is 1. The van der Waals surface area contributed by atoms with Gasteiger partial charge in [-0.15, -0.1) is 0 Å². The van der Waals surface area contributed by atoms with E-state index in [1.807, 2.05) is 0 Å². The quantitative estimate of drug-likeness (QED) is 0.431. The van der Waals surface area contributed by atoms with Crippen LogP contribution < -0.4 is 5.32 Å². The number of nitrogens with one attached hydrogen (secondary N) is 1. The molecule has 1 unspecified atom stereocenters. The molecule has 1 saturated carbocycles. The molecule has 2 aromatic carbocycles. The number of fused-ring (bicyclic) bond motifs is 1. The highest BCUT2D eigenvalue weighted by Gasteiger charge is 2.29. The molecule has 0 spiro atoms. The maximum Gasteiger partial charge on any atom is 0.220 e. The van der Waals surface area contributed by atoms with Gasteiger partial charge in [0.05, 0.1) is 0 Å². The van der Waals surface area contributed by atoms with Crippen LogP contribution in [-0.2, 0) is 11.3 Å². The molecule has 4 heteroatoms. The lowest BCUT2D eigenvalue weighted by molar-refractivity contribution is -0.121. The van der Waals surface area contributed by atoms with Crippen LogP contribution in [0.5, 0.6) is 0 Å². The Morgan fingerprint density at radius 2 is 1.65 bits per heavy atom. The van der Waals surface area contributed by atoms with Gasteiger partial charge in [0.1, 0.15) is 0 Å². The molecule has 0 bridgehead atoms. The summed E-state index contributed by atoms with van der Waals surface area (Å²) in [6, 6.07) is 19.5. The molecule has 2 heterocycles. The molecule has 4 nitrogen and oxygen atoms in total. The monoisotopic (exact) mass is 457 g/mol. The van der Waals surface area contributed by atoms with Crippen molar-refractivity contribution in [3.05, 3.63) is 71.9 Å². The predicted molar refractivity (Wildman–Crippen MR) is 140 cm³/mol. The van der Waals surface area contributed by atoms with Crippen LogP contribution in [0.15, 0.2) is 60.8 Å². The van der Waals surface area contributed by atoms with Crippen molar-refractivity contribution >= 4 is 16.8 Å². The normalized spacial score (nSPS) is 18.4. The molecular formula is C30H39N3O. The van der Waals surface area contributed by atoms with Crippen LogP contribution in [0, 0.1) is 5.92 Å². The third-order valence-corrected chi connectivity index (χ3v) is 7.99. The third-order valence-electron chi connectivity index (χ3n) is 7.99. The number of amides is 1. The summed E-state index contributed by atoms with van der Waals surface area (Å²) in [5.74, 6) is 1.10. The smallest absolute Gasteiger partial charge is 0.220 e. The summed E-state index contributed by atoms with van der Waals surface area (Å²) in [4.78, 5) is 15.6. The molecular weight excluding hydrogens is 418 g/mol. The standard InChI is InChI=1S/C30H39N3O/c34-30(31-17-20-32-18-9-10-19-32)21-27(25-13-5-2-6-14-25)28-23-33(22-24-11-3-1-4-12-24)29-16-8-7-15-26(28)29/h1,3-4,7-8,11-12,15-16,23,25,27H,2,5-6,9-10,13-14,17-22H2,(H,31,34). The molecule has 3 aromatic rings. The minimum absolute atomic E-state index is 0.217. The molecule has 1 aliphatic carbocycles. The van der Waals surface area contributed by atoms with Gasteiger partial charge in [-0.2, -0.15) is 0 Å². The Balaban J connectivity index is 1.38. The topological polar surface area (TPSA) is 37.3 Å². The highest BCUT2D eigenvalue weighted by atomic mass is 16.1. The molecule has 0 radical (unpaired) electrons. The predicted octanol–water partition coefficient (Wildman–Crippen LogP) is 5.96. The lowest BCUT2D eigenvalue weighted by atomic mass is 9.75. The summed E-state index contributed by atoms with van der Waals surface area (Å²) in [6.45, 7) is 4.98. The molecule has 2 fully saturated rings. The number of aromatic nitrogens is 1. The van der Waals surface area contributed by atoms with E-state index in [1.165, 1.54) is 80.1 Å². The fourth-order valence-electron chi connectivity index (χ4n) is 6.18. The second kappa shape index (κ2) is 11.2. The van der Waals surface area contributed by atoms with E-state index >= 15 is 0 Å². The van der Waals surface area contributed by atoms with Gasteiger partial charge in [0.2, 0.25) is 5.91 Å². The zero-order chi connectivity index (χ0) is 23.2. The molecule has 1 N–H and O–H groups in total. The molecule has 1 amide bonds. The SMILES string of the molecule is O=C(CC(c1cn(Cc2ccccc2)c2ccccc12)C1CCCCC1)NCCN1CCCC1. The van der Waals surface area contributed by atoms with Gasteiger partial charge in [0.25, 0.3) is 0 Å². The van der Waals surface area contributed by atoms with E-state index in [9.17, 15) is 4.79 Å². The number of nitrogens with zero attached hydrogens (tertiary/aromatic N) is 2. The summed E-state index contributed by atoms with van der Waals surface area (Å²) in [5.41, 5.74) is 3.95. The fraction of sp³-hybridized carbons (Fsp3) is 0.500. The van der Waals surface area contributed by atoms with Gasteiger partial charge >= 0.3 is 0 Å². The van der Waals surface area contributed by atoms with Crippen molar-refractivity contribution in [1.82, 2.24) is 14.8 Å². The number of rotatable bonds is 9. The van der Waals surface area contributed by atoms with Crippen molar-refractivity contribution in [3.8, 4) is 0 Å². The summed E-state index contributed by atoms with van der Waals surface area (Å²) in [5, 5.41) is 4.57. The highest BCUT2D eigenvalue weighted by molar-refractivity contribution is 5.86. The number of hydrogen-bond acceptors (Lipinski definition) is 2. The molecule has 5 rings (SSSR count). The molecule has 1 atom stereocenters. The Hall–Kier alpha value is -2.59. The molecule has 1 saturated heterocycles. The Labute approximate surface area is 204 Å². The van der Waals surface area contributed by atoms with Gasteiger partial charge in [-0.05, 0) is 67.8 Å². The van der Waals surface area contributed by atoms with E-state index in [4.69, 9.17) is 0 Å². The van der Waals surface area contributed by atoms with Crippen molar-refractivity contribution in [3.63, 3.8) is 0 Å². The number of carbonyl (C=O) groups is 1. The van der Waals surface area contributed by atoms with Crippen LogP contribution >= 0.6 is 0 Å². The zero-order valence-corrected chi connectivity index (χ0v) is 20.4. The first-order chi connectivity index (χ1) is 16.8. The third kappa shape index (κ3) is 5.55. The van der Waals surface area contributed by atoms with Crippen molar-refractivity contribution in [2.24, 2.45) is 5.92 Å². The number of para-hydroxylation sites is 1. The van der Waals surface area contributed by atoms with Crippen LogP contribution in [-0.4, -0.2) is 41.6 Å². The van der Waals surface area contributed by atoms with Crippen LogP contribution in [0.25, 0.3) is 10.9 Å². The first-order valence-corrected chi connectivity index (χ1v) is 13.4. The Morgan fingerprint density at radius 1 is 0.912 bits per heavy atom. The van der Waals surface area contributed by atoms with Gasteiger partial charge in [-0.25, -0.2) is 0 Å². The van der Waals surface area contributed by atoms with Gasteiger partial charge in [-0.3, -0.25) is 4.79 Å². The summed E-state index contributed by atoms with van der Waals surface area (Å²) < 4.78 is 2.39. The lowest BCUT2D eigenvalue weighted by Crippen LogP contribution is -2.34. The molecule has 180 valence electrons. The lowest BCUT2D eigenvalue weighted by Gasteiger charge is -2.30. The second-order valence-electron chi connectivity index (χ2n) is 10.3. The molecule has 1 aliphatic heterocycles. The van der Waals surface area contributed by atoms with E-state index in [1.54, 1.807) is 0 Å². The average Bonchev–Trinajstić information content (AvgIpc) is 3.52. The van der Waals surface area contributed by atoms with Crippen LogP contribution in [0.3, 0.4) is 0 Å². The molecule has 1 aromatic heterocycles. The van der Waals surface area contributed by atoms with Crippen molar-refractivity contribution in [1.29, 1.82) is 0 Å². The Bertz CT molecular complexity index is 1060. The van der Waals surface area contributed by atoms with E-state index in [2.05, 4.69) is 75.6 Å². The van der Waals surface area contributed by atoms with Gasteiger partial charge in [-0.1, -0.05) is 67.8 Å². The highest BCUT2D eigenvalue weighted by Crippen LogP contribution is 2.41. The minimum Gasteiger partial charge on any atom is -0.355 e. The first-order valence-electron chi connectivity index (χ1n) is 13.4. The van der Waals surface area contributed by atoms with E-state index in [-0.39, 0.29) is 11.8 Å². The zero-order valence-electron chi connectivity index (χ0n) is 20.4. The first kappa shape index (κ1) is 23.2. The number of carbonyl (C=O) groups excluding carboxylic acids is 1. The summed E-state index contributed by atoms with van der Waals surface area (Å²) in [7, 11) is 0. The van der Waals surface area contributed by atoms with Gasteiger partial charge in [0, 0.05) is 43.2 Å². The van der Waals surface area contributed by atoms with Crippen molar-refractivity contribution < 1.29 is 4.79 Å². The van der Waals surface area contributed by atoms with E-state index in [0.717, 1.165) is 19.6 Å². The second-order valence-corrected chi connectivity index (χ2v) is 10.3. The maximum atomic E-state index is 13.1. The number of benzene rings is 2. The van der Waals surface area contributed by atoms with Gasteiger partial charge < -0.3 is 14.8 Å². The van der Waals surface area contributed by atoms with E-state index < -0.39 is 0 Å². The number of hydrogen-bond donors (Lipinski definition) is 1. The van der Waals surface area contributed by atoms with Crippen molar-refractivity contribution in [2.75, 3.05) is 26.2 Å². The maximum absolute atomic E-state index is 13.1. The van der Waals surface area contributed by atoms with Crippen LogP contribution in [0.2, 0.25) is 0 Å².